The van der Waals surface area contributed by atoms with Gasteiger partial charge in [0.2, 0.25) is 0 Å². The van der Waals surface area contributed by atoms with Gasteiger partial charge in [0, 0.05) is 0 Å². The summed E-state index contributed by atoms with van der Waals surface area (Å²) in [5.74, 6) is -0.212. The molecule has 18 heavy (non-hydrogen) atoms. The molecule has 0 saturated heterocycles. The van der Waals surface area contributed by atoms with Crippen molar-refractivity contribution in [3.63, 3.8) is 0 Å². The molecule has 1 rings (SSSR count). The Balaban J connectivity index is 2.62. The van der Waals surface area contributed by atoms with Gasteiger partial charge in [-0.1, -0.05) is 44.9 Å². The Kier molecular flexibility index (Phi) is 5.64. The zero-order valence-electron chi connectivity index (χ0n) is 12.3. The number of carbonyl (C=O) groups excluding carboxylic acids is 1. The largest absolute Gasteiger partial charge is 0.459 e. The maximum Gasteiger partial charge on any atom is 0.326 e. The topological polar surface area (TPSA) is 52.3 Å². The van der Waals surface area contributed by atoms with Crippen LogP contribution in [0, 0.1) is 0 Å². The molecule has 3 nitrogen and oxygen atoms in total. The van der Waals surface area contributed by atoms with Crippen molar-refractivity contribution in [2.45, 2.75) is 89.7 Å². The van der Waals surface area contributed by atoms with E-state index in [-0.39, 0.29) is 5.97 Å². The molecule has 0 aromatic carbocycles. The smallest absolute Gasteiger partial charge is 0.326 e. The average Bonchev–Trinajstić information content (AvgIpc) is 2.25. The summed E-state index contributed by atoms with van der Waals surface area (Å²) in [5, 5.41) is 0. The van der Waals surface area contributed by atoms with E-state index in [4.69, 9.17) is 10.5 Å². The highest BCUT2D eigenvalue weighted by Crippen LogP contribution is 2.26. The van der Waals surface area contributed by atoms with Gasteiger partial charge in [-0.25, -0.2) is 0 Å². The van der Waals surface area contributed by atoms with Crippen LogP contribution in [0.4, 0.5) is 0 Å². The van der Waals surface area contributed by atoms with E-state index in [1.165, 1.54) is 32.1 Å². The number of hydrogen-bond acceptors (Lipinski definition) is 3. The highest BCUT2D eigenvalue weighted by Gasteiger charge is 2.36. The number of hydrogen-bond donors (Lipinski definition) is 1. The predicted molar refractivity (Wildman–Crippen MR) is 74.3 cm³/mol. The summed E-state index contributed by atoms with van der Waals surface area (Å²) in [5.41, 5.74) is 5.12. The number of nitrogens with two attached hydrogens (primary N) is 1. The lowest BCUT2D eigenvalue weighted by Crippen LogP contribution is -2.51. The van der Waals surface area contributed by atoms with Gasteiger partial charge in [0.15, 0.2) is 0 Å². The SMILES string of the molecule is CC(C)(C)OC(=O)C1(N)CCCCCCCCC1. The van der Waals surface area contributed by atoms with E-state index in [1.54, 1.807) is 0 Å². The summed E-state index contributed by atoms with van der Waals surface area (Å²) in [7, 11) is 0. The molecular weight excluding hydrogens is 226 g/mol. The first-order valence-corrected chi connectivity index (χ1v) is 7.36. The molecule has 0 spiro atoms. The van der Waals surface area contributed by atoms with E-state index in [1.807, 2.05) is 20.8 Å². The molecule has 0 aromatic rings. The maximum atomic E-state index is 12.3. The Hall–Kier alpha value is -0.570. The van der Waals surface area contributed by atoms with Crippen LogP contribution in [-0.2, 0) is 9.53 Å². The Labute approximate surface area is 111 Å². The summed E-state index contributed by atoms with van der Waals surface area (Å²) in [6.45, 7) is 5.69. The van der Waals surface area contributed by atoms with E-state index in [0.29, 0.717) is 0 Å². The molecule has 3 heteroatoms. The molecule has 0 amide bonds. The van der Waals surface area contributed by atoms with Gasteiger partial charge in [0.25, 0.3) is 0 Å². The molecule has 0 bridgehead atoms. The highest BCUT2D eigenvalue weighted by molar-refractivity contribution is 5.80. The summed E-state index contributed by atoms with van der Waals surface area (Å²) in [4.78, 5) is 12.3. The van der Waals surface area contributed by atoms with Crippen LogP contribution < -0.4 is 5.73 Å². The minimum atomic E-state index is -0.759. The highest BCUT2D eigenvalue weighted by atomic mass is 16.6. The Morgan fingerprint density at radius 3 is 1.72 bits per heavy atom. The second kappa shape index (κ2) is 6.55. The van der Waals surface area contributed by atoms with Crippen molar-refractivity contribution in [2.75, 3.05) is 0 Å². The molecule has 0 unspecified atom stereocenters. The Morgan fingerprint density at radius 1 is 0.944 bits per heavy atom. The molecule has 1 aliphatic rings. The van der Waals surface area contributed by atoms with Crippen LogP contribution in [0.5, 0.6) is 0 Å². The first-order chi connectivity index (χ1) is 8.33. The van der Waals surface area contributed by atoms with Crippen LogP contribution in [-0.4, -0.2) is 17.1 Å². The Bertz CT molecular complexity index is 258. The summed E-state index contributed by atoms with van der Waals surface area (Å²) < 4.78 is 5.48. The number of rotatable bonds is 1. The minimum absolute atomic E-state index is 0.212. The fourth-order valence-corrected chi connectivity index (χ4v) is 2.47. The third kappa shape index (κ3) is 5.38. The lowest BCUT2D eigenvalue weighted by molar-refractivity contribution is -0.162. The van der Waals surface area contributed by atoms with Crippen molar-refractivity contribution in [3.8, 4) is 0 Å². The minimum Gasteiger partial charge on any atom is -0.459 e. The molecule has 0 aliphatic heterocycles. The first kappa shape index (κ1) is 15.5. The molecule has 2 N–H and O–H groups in total. The zero-order chi connectivity index (χ0) is 13.6. The van der Waals surface area contributed by atoms with Gasteiger partial charge in [-0.05, 0) is 33.6 Å². The molecule has 0 heterocycles. The summed E-state index contributed by atoms with van der Waals surface area (Å²) in [6, 6.07) is 0. The predicted octanol–water partition coefficient (Wildman–Crippen LogP) is 3.55. The van der Waals surface area contributed by atoms with Gasteiger partial charge >= 0.3 is 5.97 Å². The van der Waals surface area contributed by atoms with Gasteiger partial charge in [0.1, 0.15) is 11.1 Å². The Morgan fingerprint density at radius 2 is 1.33 bits per heavy atom. The van der Waals surface area contributed by atoms with Gasteiger partial charge in [-0.2, -0.15) is 0 Å². The molecule has 1 saturated carbocycles. The van der Waals surface area contributed by atoms with E-state index >= 15 is 0 Å². The molecule has 1 fully saturated rings. The molecule has 0 aromatic heterocycles. The van der Waals surface area contributed by atoms with E-state index in [9.17, 15) is 4.79 Å². The molecular formula is C15H29NO2. The van der Waals surface area contributed by atoms with Crippen molar-refractivity contribution >= 4 is 5.97 Å². The number of ether oxygens (including phenoxy) is 1. The fraction of sp³-hybridized carbons (Fsp3) is 0.933. The van der Waals surface area contributed by atoms with Gasteiger partial charge < -0.3 is 10.5 Å². The monoisotopic (exact) mass is 255 g/mol. The molecule has 0 atom stereocenters. The van der Waals surface area contributed by atoms with Crippen molar-refractivity contribution in [1.29, 1.82) is 0 Å². The van der Waals surface area contributed by atoms with Crippen LogP contribution in [0.3, 0.4) is 0 Å². The van der Waals surface area contributed by atoms with Crippen LogP contribution in [0.25, 0.3) is 0 Å². The zero-order valence-corrected chi connectivity index (χ0v) is 12.3. The third-order valence-electron chi connectivity index (χ3n) is 3.55. The van der Waals surface area contributed by atoms with Crippen LogP contribution in [0.2, 0.25) is 0 Å². The number of carbonyl (C=O) groups is 1. The summed E-state index contributed by atoms with van der Waals surface area (Å²) >= 11 is 0. The van der Waals surface area contributed by atoms with E-state index < -0.39 is 11.1 Å². The standard InChI is InChI=1S/C15H29NO2/c1-14(2,3)18-13(17)15(16)11-9-7-5-4-6-8-10-12-15/h4-12,16H2,1-3H3. The normalized spacial score (nSPS) is 22.2. The first-order valence-electron chi connectivity index (χ1n) is 7.36. The lowest BCUT2D eigenvalue weighted by Gasteiger charge is -2.32. The maximum absolute atomic E-state index is 12.3. The van der Waals surface area contributed by atoms with Gasteiger partial charge in [0.05, 0.1) is 0 Å². The lowest BCUT2D eigenvalue weighted by atomic mass is 9.86. The molecule has 1 aliphatic carbocycles. The van der Waals surface area contributed by atoms with E-state index in [2.05, 4.69) is 0 Å². The second-order valence-corrected chi connectivity index (χ2v) is 6.63. The van der Waals surface area contributed by atoms with Crippen molar-refractivity contribution in [3.05, 3.63) is 0 Å². The fourth-order valence-electron chi connectivity index (χ4n) is 2.47. The number of esters is 1. The molecule has 106 valence electrons. The quantitative estimate of drug-likeness (QED) is 0.729. The van der Waals surface area contributed by atoms with E-state index in [0.717, 1.165) is 25.7 Å². The average molecular weight is 255 g/mol. The van der Waals surface area contributed by atoms with Crippen LogP contribution in [0.1, 0.15) is 78.6 Å². The second-order valence-electron chi connectivity index (χ2n) is 6.63. The van der Waals surface area contributed by atoms with Gasteiger partial charge in [-0.3, -0.25) is 4.79 Å². The summed E-state index contributed by atoms with van der Waals surface area (Å²) in [6.07, 6.45) is 9.83. The third-order valence-corrected chi connectivity index (χ3v) is 3.55. The van der Waals surface area contributed by atoms with Crippen LogP contribution >= 0.6 is 0 Å². The molecule has 0 radical (unpaired) electrons. The van der Waals surface area contributed by atoms with Crippen molar-refractivity contribution in [1.82, 2.24) is 0 Å². The van der Waals surface area contributed by atoms with Gasteiger partial charge in [-0.15, -0.1) is 0 Å². The van der Waals surface area contributed by atoms with Crippen molar-refractivity contribution in [2.24, 2.45) is 5.73 Å². The van der Waals surface area contributed by atoms with Crippen LogP contribution in [0.15, 0.2) is 0 Å². The van der Waals surface area contributed by atoms with Crippen molar-refractivity contribution < 1.29 is 9.53 Å².